The van der Waals surface area contributed by atoms with E-state index in [1.807, 2.05) is 6.07 Å². The van der Waals surface area contributed by atoms with Crippen molar-refractivity contribution in [1.82, 2.24) is 4.72 Å². The summed E-state index contributed by atoms with van der Waals surface area (Å²) in [6.45, 7) is 2.82. The van der Waals surface area contributed by atoms with E-state index in [2.05, 4.69) is 27.6 Å². The largest absolute Gasteiger partial charge is 0.240 e. The summed E-state index contributed by atoms with van der Waals surface area (Å²) in [7, 11) is -3.38. The summed E-state index contributed by atoms with van der Waals surface area (Å²) >= 11 is 3.30. The predicted octanol–water partition coefficient (Wildman–Crippen LogP) is 3.94. The number of hydrogen-bond donors (Lipinski definition) is 1. The fraction of sp³-hybridized carbons (Fsp3) is 0.600. The molecule has 1 aliphatic rings. The normalized spacial score (nSPS) is 23.7. The van der Waals surface area contributed by atoms with Crippen LogP contribution in [0.4, 0.5) is 0 Å². The van der Waals surface area contributed by atoms with Crippen LogP contribution in [-0.2, 0) is 10.0 Å². The molecule has 1 N–H and O–H groups in total. The second-order valence-electron chi connectivity index (χ2n) is 5.78. The van der Waals surface area contributed by atoms with E-state index in [9.17, 15) is 8.42 Å². The van der Waals surface area contributed by atoms with Gasteiger partial charge in [-0.1, -0.05) is 48.2 Å². The van der Waals surface area contributed by atoms with Gasteiger partial charge in [0, 0.05) is 11.0 Å². The maximum atomic E-state index is 12.2. The van der Waals surface area contributed by atoms with Crippen LogP contribution >= 0.6 is 15.9 Å². The van der Waals surface area contributed by atoms with Gasteiger partial charge in [0.05, 0.1) is 4.90 Å². The molecule has 0 amide bonds. The maximum Gasteiger partial charge on any atom is 0.240 e. The molecule has 20 heavy (non-hydrogen) atoms. The zero-order chi connectivity index (χ0) is 14.6. The fourth-order valence-electron chi connectivity index (χ4n) is 2.94. The van der Waals surface area contributed by atoms with Crippen molar-refractivity contribution in [2.24, 2.45) is 11.8 Å². The Hall–Kier alpha value is -0.390. The first-order valence-corrected chi connectivity index (χ1v) is 9.50. The number of rotatable bonds is 5. The highest BCUT2D eigenvalue weighted by atomic mass is 79.9. The van der Waals surface area contributed by atoms with Crippen LogP contribution in [0, 0.1) is 11.8 Å². The van der Waals surface area contributed by atoms with Crippen molar-refractivity contribution in [3.63, 3.8) is 0 Å². The van der Waals surface area contributed by atoms with E-state index in [-0.39, 0.29) is 0 Å². The molecule has 1 fully saturated rings. The van der Waals surface area contributed by atoms with E-state index in [0.29, 0.717) is 17.4 Å². The average molecular weight is 360 g/mol. The molecule has 0 heterocycles. The molecule has 2 atom stereocenters. The van der Waals surface area contributed by atoms with E-state index in [1.165, 1.54) is 25.7 Å². The number of hydrogen-bond acceptors (Lipinski definition) is 2. The monoisotopic (exact) mass is 359 g/mol. The van der Waals surface area contributed by atoms with Crippen LogP contribution in [0.15, 0.2) is 33.6 Å². The summed E-state index contributed by atoms with van der Waals surface area (Å²) < 4.78 is 27.8. The molecular weight excluding hydrogens is 338 g/mol. The number of sulfonamides is 1. The highest BCUT2D eigenvalue weighted by molar-refractivity contribution is 9.10. The van der Waals surface area contributed by atoms with E-state index in [4.69, 9.17) is 0 Å². The quantitative estimate of drug-likeness (QED) is 0.864. The second-order valence-corrected chi connectivity index (χ2v) is 8.46. The zero-order valence-corrected chi connectivity index (χ0v) is 14.2. The minimum absolute atomic E-state index is 0.323. The molecule has 0 spiro atoms. The Morgan fingerprint density at radius 2 is 2.15 bits per heavy atom. The van der Waals surface area contributed by atoms with Gasteiger partial charge < -0.3 is 0 Å². The van der Waals surface area contributed by atoms with Crippen molar-refractivity contribution in [3.8, 4) is 0 Å². The Bertz CT molecular complexity index is 545. The van der Waals surface area contributed by atoms with Crippen molar-refractivity contribution in [3.05, 3.63) is 28.7 Å². The third-order valence-electron chi connectivity index (χ3n) is 4.00. The summed E-state index contributed by atoms with van der Waals surface area (Å²) in [5.74, 6) is 1.46. The highest BCUT2D eigenvalue weighted by Crippen LogP contribution is 2.30. The van der Waals surface area contributed by atoms with Crippen molar-refractivity contribution < 1.29 is 8.42 Å². The molecule has 1 aliphatic carbocycles. The minimum Gasteiger partial charge on any atom is -0.211 e. The summed E-state index contributed by atoms with van der Waals surface area (Å²) in [5.41, 5.74) is 0. The topological polar surface area (TPSA) is 46.2 Å². The van der Waals surface area contributed by atoms with Gasteiger partial charge in [-0.05, 0) is 42.9 Å². The van der Waals surface area contributed by atoms with Crippen LogP contribution in [-0.4, -0.2) is 15.0 Å². The molecule has 1 aromatic rings. The van der Waals surface area contributed by atoms with Gasteiger partial charge in [-0.3, -0.25) is 0 Å². The maximum absolute atomic E-state index is 12.2. The first-order chi connectivity index (χ1) is 9.47. The van der Waals surface area contributed by atoms with Crippen molar-refractivity contribution in [2.75, 3.05) is 6.54 Å². The lowest BCUT2D eigenvalue weighted by Crippen LogP contribution is -2.27. The van der Waals surface area contributed by atoms with E-state index < -0.39 is 10.0 Å². The Morgan fingerprint density at radius 1 is 1.35 bits per heavy atom. The number of benzene rings is 1. The molecule has 0 bridgehead atoms. The molecule has 0 aliphatic heterocycles. The Balaban J connectivity index is 1.86. The molecule has 1 saturated carbocycles. The molecule has 2 rings (SSSR count). The van der Waals surface area contributed by atoms with Gasteiger partial charge in [0.2, 0.25) is 10.0 Å². The molecule has 0 aromatic heterocycles. The number of nitrogens with one attached hydrogen (secondary N) is 1. The fourth-order valence-corrected chi connectivity index (χ4v) is 4.58. The number of halogens is 1. The summed E-state index contributed by atoms with van der Waals surface area (Å²) in [6, 6.07) is 6.81. The summed E-state index contributed by atoms with van der Waals surface area (Å²) in [5, 5.41) is 0. The van der Waals surface area contributed by atoms with Gasteiger partial charge in [0.1, 0.15) is 0 Å². The van der Waals surface area contributed by atoms with Crippen LogP contribution < -0.4 is 4.72 Å². The van der Waals surface area contributed by atoms with Gasteiger partial charge in [0.25, 0.3) is 0 Å². The van der Waals surface area contributed by atoms with Crippen molar-refractivity contribution >= 4 is 26.0 Å². The summed E-state index contributed by atoms with van der Waals surface area (Å²) in [6.07, 6.45) is 6.02. The Kier molecular flexibility index (Phi) is 5.64. The third-order valence-corrected chi connectivity index (χ3v) is 5.95. The smallest absolute Gasteiger partial charge is 0.211 e. The Labute approximate surface area is 130 Å². The minimum atomic E-state index is -3.38. The Morgan fingerprint density at radius 3 is 2.85 bits per heavy atom. The third kappa shape index (κ3) is 4.57. The van der Waals surface area contributed by atoms with Crippen molar-refractivity contribution in [2.45, 2.75) is 43.9 Å². The SMILES string of the molecule is CC1CCCC(CCNS(=O)(=O)c2cccc(Br)c2)C1. The molecule has 0 saturated heterocycles. The van der Waals surface area contributed by atoms with Gasteiger partial charge in [-0.15, -0.1) is 0 Å². The van der Waals surface area contributed by atoms with Gasteiger partial charge in [-0.25, -0.2) is 13.1 Å². The van der Waals surface area contributed by atoms with Crippen LogP contribution in [0.3, 0.4) is 0 Å². The van der Waals surface area contributed by atoms with Crippen LogP contribution in [0.2, 0.25) is 0 Å². The lowest BCUT2D eigenvalue weighted by atomic mass is 9.81. The second kappa shape index (κ2) is 7.05. The zero-order valence-electron chi connectivity index (χ0n) is 11.8. The molecule has 5 heteroatoms. The molecule has 112 valence electrons. The van der Waals surface area contributed by atoms with Gasteiger partial charge in [0.15, 0.2) is 0 Å². The van der Waals surface area contributed by atoms with Crippen LogP contribution in [0.5, 0.6) is 0 Å². The molecule has 3 nitrogen and oxygen atoms in total. The average Bonchev–Trinajstić information content (AvgIpc) is 2.38. The van der Waals surface area contributed by atoms with Gasteiger partial charge >= 0.3 is 0 Å². The highest BCUT2D eigenvalue weighted by Gasteiger charge is 2.20. The molecular formula is C15H22BrNO2S. The van der Waals surface area contributed by atoms with E-state index in [1.54, 1.807) is 18.2 Å². The first-order valence-electron chi connectivity index (χ1n) is 7.22. The van der Waals surface area contributed by atoms with Crippen LogP contribution in [0.25, 0.3) is 0 Å². The molecule has 2 unspecified atom stereocenters. The van der Waals surface area contributed by atoms with Crippen LogP contribution in [0.1, 0.15) is 39.0 Å². The standard InChI is InChI=1S/C15H22BrNO2S/c1-12-4-2-5-13(10-12)8-9-17-20(18,19)15-7-3-6-14(16)11-15/h3,6-7,11-13,17H,2,4-5,8-10H2,1H3. The molecule has 1 aromatic carbocycles. The van der Waals surface area contributed by atoms with E-state index >= 15 is 0 Å². The first kappa shape index (κ1) is 16.0. The van der Waals surface area contributed by atoms with E-state index in [0.717, 1.165) is 16.8 Å². The van der Waals surface area contributed by atoms with Gasteiger partial charge in [-0.2, -0.15) is 0 Å². The van der Waals surface area contributed by atoms with Crippen molar-refractivity contribution in [1.29, 1.82) is 0 Å². The predicted molar refractivity (Wildman–Crippen MR) is 85.1 cm³/mol. The lowest BCUT2D eigenvalue weighted by molar-refractivity contribution is 0.271. The lowest BCUT2D eigenvalue weighted by Gasteiger charge is -2.26. The summed E-state index contributed by atoms with van der Waals surface area (Å²) in [4.78, 5) is 0.323. The molecule has 0 radical (unpaired) electrons.